The van der Waals surface area contributed by atoms with Crippen LogP contribution in [-0.4, -0.2) is 35.0 Å². The van der Waals surface area contributed by atoms with E-state index in [1.807, 2.05) is 6.07 Å². The maximum Gasteiger partial charge on any atom is 0.260 e. The van der Waals surface area contributed by atoms with Crippen LogP contribution in [0.1, 0.15) is 12.0 Å². The molecule has 1 heterocycles. The zero-order valence-electron chi connectivity index (χ0n) is 13.7. The Kier molecular flexibility index (Phi) is 4.03. The van der Waals surface area contributed by atoms with E-state index < -0.39 is 24.2 Å². The van der Waals surface area contributed by atoms with Gasteiger partial charge in [0.05, 0.1) is 6.54 Å². The highest BCUT2D eigenvalue weighted by Gasteiger charge is 2.62. The van der Waals surface area contributed by atoms with Crippen molar-refractivity contribution < 1.29 is 23.4 Å². The number of alkyl halides is 2. The molecule has 0 spiro atoms. The van der Waals surface area contributed by atoms with Gasteiger partial charge in [-0.3, -0.25) is 4.79 Å². The number of hydrogen-bond acceptors (Lipinski definition) is 3. The predicted octanol–water partition coefficient (Wildman–Crippen LogP) is 4.09. The van der Waals surface area contributed by atoms with E-state index in [1.165, 1.54) is 4.90 Å². The topological polar surface area (TPSA) is 49.8 Å². The molecule has 1 saturated carbocycles. The van der Waals surface area contributed by atoms with Crippen LogP contribution in [0.2, 0.25) is 5.02 Å². The van der Waals surface area contributed by atoms with E-state index in [9.17, 15) is 18.7 Å². The average molecular weight is 380 g/mol. The van der Waals surface area contributed by atoms with Gasteiger partial charge in [0.2, 0.25) is 5.91 Å². The minimum atomic E-state index is -2.90. The number of carbonyl (C=O) groups is 1. The van der Waals surface area contributed by atoms with Gasteiger partial charge in [-0.2, -0.15) is 0 Å². The van der Waals surface area contributed by atoms with Crippen LogP contribution in [0, 0.1) is 5.92 Å². The molecule has 136 valence electrons. The third kappa shape index (κ3) is 3.09. The molecule has 1 atom stereocenters. The summed E-state index contributed by atoms with van der Waals surface area (Å²) in [4.78, 5) is 13.7. The molecule has 2 aromatic rings. The van der Waals surface area contributed by atoms with Crippen molar-refractivity contribution in [2.45, 2.75) is 18.9 Å². The molecule has 0 saturated heterocycles. The van der Waals surface area contributed by atoms with E-state index in [2.05, 4.69) is 0 Å². The first kappa shape index (κ1) is 17.1. The number of phenols is 1. The highest BCUT2D eigenvalue weighted by molar-refractivity contribution is 6.30. The number of aromatic hydroxyl groups is 1. The molecule has 2 aromatic carbocycles. The molecule has 26 heavy (non-hydrogen) atoms. The Morgan fingerprint density at radius 3 is 2.73 bits per heavy atom. The van der Waals surface area contributed by atoms with Crippen LogP contribution in [0.5, 0.6) is 11.5 Å². The highest BCUT2D eigenvalue weighted by atomic mass is 35.5. The number of fused-ring (bicyclic) bond motifs is 1. The highest BCUT2D eigenvalue weighted by Crippen LogP contribution is 2.50. The van der Waals surface area contributed by atoms with Crippen LogP contribution in [0.15, 0.2) is 36.4 Å². The Bertz CT molecular complexity index is 887. The summed E-state index contributed by atoms with van der Waals surface area (Å²) in [7, 11) is 0. The van der Waals surface area contributed by atoms with Crippen molar-refractivity contribution in [3.63, 3.8) is 0 Å². The minimum Gasteiger partial charge on any atom is -0.504 e. The van der Waals surface area contributed by atoms with Gasteiger partial charge in [0.15, 0.2) is 11.5 Å². The molecule has 0 unspecified atom stereocenters. The van der Waals surface area contributed by atoms with E-state index in [-0.39, 0.29) is 31.2 Å². The van der Waals surface area contributed by atoms with Gasteiger partial charge in [-0.1, -0.05) is 23.7 Å². The molecule has 0 bridgehead atoms. The third-order valence-corrected chi connectivity index (χ3v) is 4.94. The summed E-state index contributed by atoms with van der Waals surface area (Å²) < 4.78 is 32.1. The van der Waals surface area contributed by atoms with Crippen molar-refractivity contribution in [3.8, 4) is 22.6 Å². The van der Waals surface area contributed by atoms with Gasteiger partial charge in [0, 0.05) is 23.6 Å². The molecule has 7 heteroatoms. The number of nitrogens with zero attached hydrogens (tertiary/aromatic N) is 1. The molecule has 1 aliphatic carbocycles. The number of amides is 1. The molecular formula is C19H16ClF2NO3. The Labute approximate surface area is 153 Å². The summed E-state index contributed by atoms with van der Waals surface area (Å²) in [6.07, 6.45) is -0.399. The summed E-state index contributed by atoms with van der Waals surface area (Å²) in [5, 5.41) is 10.9. The van der Waals surface area contributed by atoms with Crippen LogP contribution < -0.4 is 4.74 Å². The maximum atomic E-state index is 13.3. The second-order valence-corrected chi connectivity index (χ2v) is 7.06. The van der Waals surface area contributed by atoms with E-state index >= 15 is 0 Å². The first-order valence-corrected chi connectivity index (χ1v) is 8.64. The zero-order valence-corrected chi connectivity index (χ0v) is 14.5. The summed E-state index contributed by atoms with van der Waals surface area (Å²) in [6, 6.07) is 10.5. The van der Waals surface area contributed by atoms with Gasteiger partial charge in [-0.05, 0) is 35.4 Å². The molecule has 4 nitrogen and oxygen atoms in total. The maximum absolute atomic E-state index is 13.3. The molecular weight excluding hydrogens is 364 g/mol. The molecule has 4 rings (SSSR count). The van der Waals surface area contributed by atoms with Crippen molar-refractivity contribution >= 4 is 17.5 Å². The fraction of sp³-hybridized carbons (Fsp3) is 0.316. The van der Waals surface area contributed by atoms with Crippen molar-refractivity contribution in [1.29, 1.82) is 0 Å². The van der Waals surface area contributed by atoms with Gasteiger partial charge in [-0.15, -0.1) is 0 Å². The molecule has 1 amide bonds. The van der Waals surface area contributed by atoms with Crippen LogP contribution in [0.3, 0.4) is 0 Å². The van der Waals surface area contributed by atoms with Gasteiger partial charge in [0.1, 0.15) is 12.5 Å². The third-order valence-electron chi connectivity index (χ3n) is 4.71. The zero-order chi connectivity index (χ0) is 18.5. The molecule has 0 aromatic heterocycles. The quantitative estimate of drug-likeness (QED) is 0.855. The second kappa shape index (κ2) is 6.13. The number of carbonyl (C=O) groups excluding carboxylic acids is 1. The summed E-state index contributed by atoms with van der Waals surface area (Å²) in [5.74, 6) is -4.48. The van der Waals surface area contributed by atoms with E-state index in [1.54, 1.807) is 30.3 Å². The lowest BCUT2D eigenvalue weighted by Gasteiger charge is -2.20. The largest absolute Gasteiger partial charge is 0.504 e. The Morgan fingerprint density at radius 1 is 1.27 bits per heavy atom. The van der Waals surface area contributed by atoms with E-state index in [0.29, 0.717) is 16.1 Å². The molecule has 1 aliphatic heterocycles. The van der Waals surface area contributed by atoms with Gasteiger partial charge >= 0.3 is 0 Å². The summed E-state index contributed by atoms with van der Waals surface area (Å²) in [6.45, 7) is 0.454. The molecule has 1 fully saturated rings. The fourth-order valence-electron chi connectivity index (χ4n) is 3.22. The lowest BCUT2D eigenvalue weighted by Crippen LogP contribution is -2.34. The van der Waals surface area contributed by atoms with Crippen molar-refractivity contribution in [1.82, 2.24) is 4.90 Å². The Hall–Kier alpha value is -2.34. The van der Waals surface area contributed by atoms with Gasteiger partial charge < -0.3 is 14.7 Å². The Balaban J connectivity index is 1.67. The van der Waals surface area contributed by atoms with Crippen molar-refractivity contribution in [2.75, 3.05) is 13.2 Å². The van der Waals surface area contributed by atoms with Crippen LogP contribution in [0.25, 0.3) is 11.1 Å². The SMILES string of the molecule is O=C([C@@H]1CC1(F)F)N1CCOc2c(O)cc(-c3cccc(Cl)c3)cc2C1. The normalized spacial score (nSPS) is 20.7. The monoisotopic (exact) mass is 379 g/mol. The second-order valence-electron chi connectivity index (χ2n) is 6.62. The van der Waals surface area contributed by atoms with E-state index in [4.69, 9.17) is 16.3 Å². The first-order valence-electron chi connectivity index (χ1n) is 8.26. The van der Waals surface area contributed by atoms with Crippen LogP contribution in [0.4, 0.5) is 8.78 Å². The summed E-state index contributed by atoms with van der Waals surface area (Å²) in [5.41, 5.74) is 2.08. The fourth-order valence-corrected chi connectivity index (χ4v) is 3.41. The molecule has 0 radical (unpaired) electrons. The Morgan fingerprint density at radius 2 is 2.04 bits per heavy atom. The number of hydrogen-bond donors (Lipinski definition) is 1. The number of halogens is 3. The minimum absolute atomic E-state index is 0.0523. The summed E-state index contributed by atoms with van der Waals surface area (Å²) >= 11 is 6.03. The number of ether oxygens (including phenoxy) is 1. The predicted molar refractivity (Wildman–Crippen MR) is 92.5 cm³/mol. The van der Waals surface area contributed by atoms with E-state index in [0.717, 1.165) is 5.56 Å². The van der Waals surface area contributed by atoms with Crippen molar-refractivity contribution in [2.24, 2.45) is 5.92 Å². The molecule has 1 N–H and O–H groups in total. The smallest absolute Gasteiger partial charge is 0.260 e. The molecule has 2 aliphatic rings. The lowest BCUT2D eigenvalue weighted by atomic mass is 10.0. The lowest BCUT2D eigenvalue weighted by molar-refractivity contribution is -0.135. The number of rotatable bonds is 2. The standard InChI is InChI=1S/C19H16ClF2NO3/c20-14-3-1-2-11(7-14)12-6-13-10-23(18(25)15-9-19(15,21)22)4-5-26-17(13)16(24)8-12/h1-3,6-8,15,24H,4-5,9-10H2/t15-/m0/s1. The van der Waals surface area contributed by atoms with Crippen LogP contribution in [-0.2, 0) is 11.3 Å². The van der Waals surface area contributed by atoms with Crippen LogP contribution >= 0.6 is 11.6 Å². The first-order chi connectivity index (χ1) is 12.3. The van der Waals surface area contributed by atoms with Gasteiger partial charge in [-0.25, -0.2) is 8.78 Å². The number of phenolic OH excluding ortho intramolecular Hbond substituents is 1. The average Bonchev–Trinajstić information content (AvgIpc) is 3.28. The van der Waals surface area contributed by atoms with Gasteiger partial charge in [0.25, 0.3) is 5.92 Å². The van der Waals surface area contributed by atoms with Crippen molar-refractivity contribution in [3.05, 3.63) is 47.0 Å². The number of benzene rings is 2.